The molecule has 0 aliphatic heterocycles. The molecule has 0 aromatic heterocycles. The summed E-state index contributed by atoms with van der Waals surface area (Å²) in [5, 5.41) is 0. The fourth-order valence-corrected chi connectivity index (χ4v) is 1.28. The average molecular weight is 216 g/mol. The number of benzene rings is 1. The maximum atomic E-state index is 12.0. The van der Waals surface area contributed by atoms with Crippen LogP contribution in [0.15, 0.2) is 24.3 Å². The normalized spacial score (nSPS) is 11.5. The van der Waals surface area contributed by atoms with Gasteiger partial charge in [0.25, 0.3) is 5.78 Å². The molecular weight excluding hydrogens is 205 g/mol. The van der Waals surface area contributed by atoms with E-state index in [0.29, 0.717) is 0 Å². The van der Waals surface area contributed by atoms with E-state index < -0.39 is 12.0 Å². The predicted octanol–water partition coefficient (Wildman–Crippen LogP) is 3.38. The van der Waals surface area contributed by atoms with Crippen molar-refractivity contribution in [1.82, 2.24) is 0 Å². The molecule has 1 aromatic rings. The van der Waals surface area contributed by atoms with Gasteiger partial charge in [-0.1, -0.05) is 37.6 Å². The number of carbonyl (C=O) groups is 1. The number of Topliss-reactive ketones (excluding diaryl/α,β-unsaturated/α-hetero) is 1. The molecule has 1 rings (SSSR count). The number of aryl methyl sites for hydroxylation is 1. The minimum Gasteiger partial charge on any atom is -0.284 e. The molecule has 82 valence electrons. The molecule has 0 spiro atoms. The van der Waals surface area contributed by atoms with E-state index in [2.05, 4.69) is 0 Å². The van der Waals surface area contributed by atoms with Crippen molar-refractivity contribution in [3.8, 4) is 0 Å². The van der Waals surface area contributed by atoms with E-state index in [-0.39, 0.29) is 5.56 Å². The molecule has 0 heterocycles. The highest BCUT2D eigenvalue weighted by Gasteiger charge is 2.38. The highest BCUT2D eigenvalue weighted by Crippen LogP contribution is 2.21. The summed E-state index contributed by atoms with van der Waals surface area (Å²) in [4.78, 5) is 10.8. The Kier molecular flexibility index (Phi) is 3.50. The second kappa shape index (κ2) is 4.47. The molecule has 0 fully saturated rings. The number of carbonyl (C=O) groups excluding carboxylic acids is 1. The third kappa shape index (κ3) is 3.08. The summed E-state index contributed by atoms with van der Waals surface area (Å²) >= 11 is 0. The van der Waals surface area contributed by atoms with E-state index in [1.165, 1.54) is 12.1 Å². The zero-order valence-corrected chi connectivity index (χ0v) is 8.27. The zero-order valence-electron chi connectivity index (χ0n) is 8.27. The van der Waals surface area contributed by atoms with E-state index in [4.69, 9.17) is 0 Å². The summed E-state index contributed by atoms with van der Waals surface area (Å²) in [6.45, 7) is 1.98. The SMILES string of the molecule is CCCc1ccc(C(=O)C(F)(F)F)cc1. The molecule has 0 amide bonds. The highest BCUT2D eigenvalue weighted by molar-refractivity contribution is 6.00. The summed E-state index contributed by atoms with van der Waals surface area (Å²) in [6, 6.07) is 5.56. The molecule has 4 heteroatoms. The van der Waals surface area contributed by atoms with Gasteiger partial charge in [-0.2, -0.15) is 13.2 Å². The lowest BCUT2D eigenvalue weighted by Crippen LogP contribution is -2.22. The smallest absolute Gasteiger partial charge is 0.284 e. The molecular formula is C11H11F3O. The fourth-order valence-electron chi connectivity index (χ4n) is 1.28. The summed E-state index contributed by atoms with van der Waals surface area (Å²) in [5.74, 6) is -1.79. The monoisotopic (exact) mass is 216 g/mol. The van der Waals surface area contributed by atoms with Crippen molar-refractivity contribution in [2.24, 2.45) is 0 Å². The zero-order chi connectivity index (χ0) is 11.5. The number of alkyl halides is 3. The van der Waals surface area contributed by atoms with Crippen LogP contribution in [-0.2, 0) is 6.42 Å². The third-order valence-electron chi connectivity index (χ3n) is 2.01. The van der Waals surface area contributed by atoms with Gasteiger partial charge in [-0.25, -0.2) is 0 Å². The summed E-state index contributed by atoms with van der Waals surface area (Å²) in [7, 11) is 0. The van der Waals surface area contributed by atoms with Gasteiger partial charge in [-0.3, -0.25) is 4.79 Å². The number of halogens is 3. The first-order valence-electron chi connectivity index (χ1n) is 4.65. The van der Waals surface area contributed by atoms with E-state index in [0.717, 1.165) is 18.4 Å². The van der Waals surface area contributed by atoms with Crippen molar-refractivity contribution >= 4 is 5.78 Å². The molecule has 1 nitrogen and oxygen atoms in total. The van der Waals surface area contributed by atoms with Crippen molar-refractivity contribution in [3.05, 3.63) is 35.4 Å². The number of hydrogen-bond donors (Lipinski definition) is 0. The highest BCUT2D eigenvalue weighted by atomic mass is 19.4. The van der Waals surface area contributed by atoms with Gasteiger partial charge >= 0.3 is 6.18 Å². The maximum Gasteiger partial charge on any atom is 0.454 e. The fraction of sp³-hybridized carbons (Fsp3) is 0.364. The predicted molar refractivity (Wildman–Crippen MR) is 50.8 cm³/mol. The van der Waals surface area contributed by atoms with Crippen LogP contribution in [0.4, 0.5) is 13.2 Å². The Morgan fingerprint density at radius 1 is 1.20 bits per heavy atom. The van der Waals surface area contributed by atoms with E-state index in [9.17, 15) is 18.0 Å². The lowest BCUT2D eigenvalue weighted by atomic mass is 10.1. The van der Waals surface area contributed by atoms with E-state index >= 15 is 0 Å². The van der Waals surface area contributed by atoms with Crippen LogP contribution in [0.5, 0.6) is 0 Å². The topological polar surface area (TPSA) is 17.1 Å². The molecule has 0 atom stereocenters. The maximum absolute atomic E-state index is 12.0. The number of rotatable bonds is 3. The summed E-state index contributed by atoms with van der Waals surface area (Å²) in [5.41, 5.74) is 0.638. The first-order valence-corrected chi connectivity index (χ1v) is 4.65. The van der Waals surface area contributed by atoms with Crippen LogP contribution >= 0.6 is 0 Å². The van der Waals surface area contributed by atoms with Gasteiger partial charge < -0.3 is 0 Å². The minimum atomic E-state index is -4.79. The molecule has 0 saturated heterocycles. The van der Waals surface area contributed by atoms with Gasteiger partial charge in [0.15, 0.2) is 0 Å². The van der Waals surface area contributed by atoms with Gasteiger partial charge in [-0.05, 0) is 12.0 Å². The Bertz CT molecular complexity index is 338. The van der Waals surface area contributed by atoms with Crippen LogP contribution < -0.4 is 0 Å². The van der Waals surface area contributed by atoms with Crippen molar-refractivity contribution in [2.45, 2.75) is 25.9 Å². The minimum absolute atomic E-state index is 0.303. The molecule has 0 bridgehead atoms. The second-order valence-electron chi connectivity index (χ2n) is 3.27. The molecule has 0 radical (unpaired) electrons. The molecule has 0 aliphatic carbocycles. The van der Waals surface area contributed by atoms with Crippen LogP contribution in [0.1, 0.15) is 29.3 Å². The Labute approximate surface area is 85.9 Å². The van der Waals surface area contributed by atoms with Crippen molar-refractivity contribution in [3.63, 3.8) is 0 Å². The Morgan fingerprint density at radius 3 is 2.13 bits per heavy atom. The van der Waals surface area contributed by atoms with Crippen molar-refractivity contribution in [1.29, 1.82) is 0 Å². The van der Waals surface area contributed by atoms with Crippen LogP contribution in [-0.4, -0.2) is 12.0 Å². The first kappa shape index (κ1) is 11.8. The molecule has 0 unspecified atom stereocenters. The quantitative estimate of drug-likeness (QED) is 0.708. The lowest BCUT2D eigenvalue weighted by molar-refractivity contribution is -0.0885. The van der Waals surface area contributed by atoms with Gasteiger partial charge in [0, 0.05) is 5.56 Å². The third-order valence-corrected chi connectivity index (χ3v) is 2.01. The van der Waals surface area contributed by atoms with Crippen LogP contribution in [0.2, 0.25) is 0 Å². The Hall–Kier alpha value is -1.32. The van der Waals surface area contributed by atoms with Gasteiger partial charge in [0.1, 0.15) is 0 Å². The lowest BCUT2D eigenvalue weighted by Gasteiger charge is -2.05. The van der Waals surface area contributed by atoms with Crippen LogP contribution in [0.3, 0.4) is 0 Å². The van der Waals surface area contributed by atoms with Crippen molar-refractivity contribution < 1.29 is 18.0 Å². The summed E-state index contributed by atoms with van der Waals surface area (Å²) < 4.78 is 36.1. The Balaban J connectivity index is 2.85. The molecule has 1 aromatic carbocycles. The standard InChI is InChI=1S/C11H11F3O/c1-2-3-8-4-6-9(7-5-8)10(15)11(12,13)14/h4-7H,2-3H2,1H3. The van der Waals surface area contributed by atoms with E-state index in [1.807, 2.05) is 6.92 Å². The van der Waals surface area contributed by atoms with Crippen LogP contribution in [0.25, 0.3) is 0 Å². The number of ketones is 1. The average Bonchev–Trinajstić information content (AvgIpc) is 2.17. The van der Waals surface area contributed by atoms with Gasteiger partial charge in [0.05, 0.1) is 0 Å². The van der Waals surface area contributed by atoms with E-state index in [1.54, 1.807) is 12.1 Å². The molecule has 15 heavy (non-hydrogen) atoms. The van der Waals surface area contributed by atoms with Gasteiger partial charge in [-0.15, -0.1) is 0 Å². The first-order chi connectivity index (χ1) is 6.95. The second-order valence-corrected chi connectivity index (χ2v) is 3.27. The molecule has 0 aliphatic rings. The molecule has 0 N–H and O–H groups in total. The Morgan fingerprint density at radius 2 is 1.73 bits per heavy atom. The van der Waals surface area contributed by atoms with Crippen LogP contribution in [0, 0.1) is 0 Å². The van der Waals surface area contributed by atoms with Crippen molar-refractivity contribution in [2.75, 3.05) is 0 Å². The summed E-state index contributed by atoms with van der Waals surface area (Å²) in [6.07, 6.45) is -3.06. The number of hydrogen-bond acceptors (Lipinski definition) is 1. The molecule has 0 saturated carbocycles. The largest absolute Gasteiger partial charge is 0.454 e. The van der Waals surface area contributed by atoms with Gasteiger partial charge in [0.2, 0.25) is 0 Å².